The minimum absolute atomic E-state index is 0.406. The molecule has 0 aromatic heterocycles. The average Bonchev–Trinajstić information content (AvgIpc) is 2.14. The number of nitrogens with zero attached hydrogens (tertiary/aromatic N) is 1. The van der Waals surface area contributed by atoms with Gasteiger partial charge in [-0.25, -0.2) is 0 Å². The molecule has 0 amide bonds. The van der Waals surface area contributed by atoms with E-state index in [1.54, 1.807) is 12.1 Å². The highest BCUT2D eigenvalue weighted by atomic mass is 14.7. The zero-order valence-electron chi connectivity index (χ0n) is 8.12. The van der Waals surface area contributed by atoms with Gasteiger partial charge in [-0.15, -0.1) is 0 Å². The lowest BCUT2D eigenvalue weighted by Gasteiger charge is -2.05. The number of hydrogen-bond acceptors (Lipinski definition) is 3. The Hall–Kier alpha value is -1.95. The van der Waals surface area contributed by atoms with E-state index in [0.717, 1.165) is 11.1 Å². The van der Waals surface area contributed by atoms with E-state index in [1.165, 1.54) is 0 Å². The first-order chi connectivity index (χ1) is 6.65. The molecule has 0 heterocycles. The Morgan fingerprint density at radius 2 is 2.14 bits per heavy atom. The van der Waals surface area contributed by atoms with Crippen molar-refractivity contribution < 1.29 is 0 Å². The fourth-order valence-electron chi connectivity index (χ4n) is 1.20. The highest BCUT2D eigenvalue weighted by molar-refractivity contribution is 5.72. The van der Waals surface area contributed by atoms with Crippen LogP contribution >= 0.6 is 0 Å². The molecule has 3 nitrogen and oxygen atoms in total. The maximum absolute atomic E-state index is 8.35. The van der Waals surface area contributed by atoms with E-state index < -0.39 is 0 Å². The predicted molar refractivity (Wildman–Crippen MR) is 59.3 cm³/mol. The van der Waals surface area contributed by atoms with Crippen LogP contribution in [0.15, 0.2) is 18.2 Å². The molecule has 0 aliphatic rings. The second kappa shape index (κ2) is 4.33. The molecule has 4 N–H and O–H groups in total. The van der Waals surface area contributed by atoms with E-state index in [2.05, 4.69) is 0 Å². The second-order valence-corrected chi connectivity index (χ2v) is 3.11. The summed E-state index contributed by atoms with van der Waals surface area (Å²) in [4.78, 5) is 0. The molecule has 72 valence electrons. The van der Waals surface area contributed by atoms with Gasteiger partial charge in [0.15, 0.2) is 0 Å². The molecule has 0 saturated carbocycles. The van der Waals surface area contributed by atoms with Crippen LogP contribution in [-0.2, 0) is 0 Å². The first kappa shape index (κ1) is 10.1. The molecule has 1 aromatic carbocycles. The summed E-state index contributed by atoms with van der Waals surface area (Å²) in [7, 11) is 0. The van der Waals surface area contributed by atoms with E-state index in [9.17, 15) is 0 Å². The number of nitrogen functional groups attached to an aromatic ring is 2. The number of allylic oxidation sites excluding steroid dienone is 1. The van der Waals surface area contributed by atoms with Crippen LogP contribution in [0.5, 0.6) is 0 Å². The van der Waals surface area contributed by atoms with E-state index in [-0.39, 0.29) is 0 Å². The van der Waals surface area contributed by atoms with Gasteiger partial charge in [-0.3, -0.25) is 0 Å². The number of anilines is 2. The molecule has 0 unspecified atom stereocenters. The van der Waals surface area contributed by atoms with Gasteiger partial charge in [-0.1, -0.05) is 12.2 Å². The fourth-order valence-corrected chi connectivity index (χ4v) is 1.20. The molecule has 0 spiro atoms. The third-order valence-corrected chi connectivity index (χ3v) is 1.96. The minimum Gasteiger partial charge on any atom is -0.397 e. The van der Waals surface area contributed by atoms with E-state index in [1.807, 2.05) is 25.1 Å². The molecule has 0 aliphatic heterocycles. The van der Waals surface area contributed by atoms with Crippen LogP contribution in [0.1, 0.15) is 17.5 Å². The van der Waals surface area contributed by atoms with Crippen molar-refractivity contribution in [1.82, 2.24) is 0 Å². The van der Waals surface area contributed by atoms with Gasteiger partial charge < -0.3 is 11.5 Å². The lowest BCUT2D eigenvalue weighted by molar-refractivity contribution is 1.36. The van der Waals surface area contributed by atoms with Crippen molar-refractivity contribution in [2.75, 3.05) is 11.5 Å². The van der Waals surface area contributed by atoms with Crippen LogP contribution in [0, 0.1) is 18.3 Å². The number of benzene rings is 1. The Balaban J connectivity index is 2.96. The molecule has 0 atom stereocenters. The van der Waals surface area contributed by atoms with Gasteiger partial charge >= 0.3 is 0 Å². The van der Waals surface area contributed by atoms with Gasteiger partial charge in [-0.2, -0.15) is 5.26 Å². The van der Waals surface area contributed by atoms with Crippen molar-refractivity contribution >= 4 is 17.5 Å². The molecule has 0 saturated heterocycles. The third kappa shape index (κ3) is 2.27. The summed E-state index contributed by atoms with van der Waals surface area (Å²) >= 11 is 0. The zero-order valence-corrected chi connectivity index (χ0v) is 8.12. The summed E-state index contributed by atoms with van der Waals surface area (Å²) in [5.41, 5.74) is 14.6. The van der Waals surface area contributed by atoms with Gasteiger partial charge in [0.25, 0.3) is 0 Å². The smallest absolute Gasteiger partial charge is 0.0663 e. The van der Waals surface area contributed by atoms with Crippen molar-refractivity contribution in [3.63, 3.8) is 0 Å². The Bertz CT molecular complexity index is 376. The number of hydrogen-bond donors (Lipinski definition) is 2. The molecule has 0 radical (unpaired) electrons. The summed E-state index contributed by atoms with van der Waals surface area (Å²) < 4.78 is 0. The molecular weight excluding hydrogens is 174 g/mol. The van der Waals surface area contributed by atoms with Crippen LogP contribution in [-0.4, -0.2) is 0 Å². The molecule has 3 heteroatoms. The Labute approximate surface area is 83.6 Å². The molecule has 14 heavy (non-hydrogen) atoms. The largest absolute Gasteiger partial charge is 0.397 e. The monoisotopic (exact) mass is 187 g/mol. The van der Waals surface area contributed by atoms with E-state index >= 15 is 0 Å². The van der Waals surface area contributed by atoms with E-state index in [4.69, 9.17) is 16.7 Å². The third-order valence-electron chi connectivity index (χ3n) is 1.96. The summed E-state index contributed by atoms with van der Waals surface area (Å²) in [6.07, 6.45) is 4.07. The zero-order chi connectivity index (χ0) is 10.6. The number of nitrogens with two attached hydrogens (primary N) is 2. The normalized spacial score (nSPS) is 10.3. The quantitative estimate of drug-likeness (QED) is 0.696. The second-order valence-electron chi connectivity index (χ2n) is 3.11. The fraction of sp³-hybridized carbons (Fsp3) is 0.182. The minimum atomic E-state index is 0.406. The summed E-state index contributed by atoms with van der Waals surface area (Å²) in [6.45, 7) is 1.91. The average molecular weight is 187 g/mol. The highest BCUT2D eigenvalue weighted by Gasteiger charge is 1.99. The van der Waals surface area contributed by atoms with Crippen molar-refractivity contribution in [2.45, 2.75) is 13.3 Å². The number of rotatable bonds is 2. The maximum atomic E-state index is 8.35. The topological polar surface area (TPSA) is 75.8 Å². The Kier molecular flexibility index (Phi) is 3.14. The van der Waals surface area contributed by atoms with Crippen LogP contribution in [0.3, 0.4) is 0 Å². The van der Waals surface area contributed by atoms with Crippen LogP contribution in [0.2, 0.25) is 0 Å². The first-order valence-corrected chi connectivity index (χ1v) is 4.34. The van der Waals surface area contributed by atoms with Crippen molar-refractivity contribution in [3.05, 3.63) is 29.3 Å². The van der Waals surface area contributed by atoms with Gasteiger partial charge in [0.05, 0.1) is 23.9 Å². The molecule has 0 aliphatic carbocycles. The van der Waals surface area contributed by atoms with Crippen LogP contribution in [0.25, 0.3) is 6.08 Å². The van der Waals surface area contributed by atoms with Gasteiger partial charge in [-0.05, 0) is 30.2 Å². The predicted octanol–water partition coefficient (Wildman–Crippen LogP) is 2.09. The summed E-state index contributed by atoms with van der Waals surface area (Å²) in [6, 6.07) is 5.78. The lowest BCUT2D eigenvalue weighted by Crippen LogP contribution is -1.97. The SMILES string of the molecule is Cc1cc(C=CCC#N)cc(N)c1N. The Morgan fingerprint density at radius 3 is 2.71 bits per heavy atom. The van der Waals surface area contributed by atoms with Crippen LogP contribution < -0.4 is 11.5 Å². The highest BCUT2D eigenvalue weighted by Crippen LogP contribution is 2.22. The van der Waals surface area contributed by atoms with E-state index in [0.29, 0.717) is 17.8 Å². The van der Waals surface area contributed by atoms with Crippen molar-refractivity contribution in [2.24, 2.45) is 0 Å². The maximum Gasteiger partial charge on any atom is 0.0663 e. The number of nitriles is 1. The number of aryl methyl sites for hydroxylation is 1. The van der Waals surface area contributed by atoms with Gasteiger partial charge in [0, 0.05) is 0 Å². The van der Waals surface area contributed by atoms with Gasteiger partial charge in [0.1, 0.15) is 0 Å². The summed E-state index contributed by atoms with van der Waals surface area (Å²) in [5, 5.41) is 8.35. The summed E-state index contributed by atoms with van der Waals surface area (Å²) in [5.74, 6) is 0. The molecule has 0 fully saturated rings. The lowest BCUT2D eigenvalue weighted by atomic mass is 10.1. The van der Waals surface area contributed by atoms with Crippen molar-refractivity contribution in [1.29, 1.82) is 5.26 Å². The molecular formula is C11H13N3. The Morgan fingerprint density at radius 1 is 1.43 bits per heavy atom. The molecule has 0 bridgehead atoms. The standard InChI is InChI=1S/C11H13N3/c1-8-6-9(4-2-3-5-12)7-10(13)11(8)14/h2,4,6-7H,3,13-14H2,1H3. The van der Waals surface area contributed by atoms with Crippen molar-refractivity contribution in [3.8, 4) is 6.07 Å². The molecule has 1 rings (SSSR count). The molecule has 1 aromatic rings. The first-order valence-electron chi connectivity index (χ1n) is 4.34. The van der Waals surface area contributed by atoms with Crippen LogP contribution in [0.4, 0.5) is 11.4 Å². The van der Waals surface area contributed by atoms with Gasteiger partial charge in [0.2, 0.25) is 0 Å².